The number of rotatable bonds is 4. The summed E-state index contributed by atoms with van der Waals surface area (Å²) >= 11 is 0. The van der Waals surface area contributed by atoms with Crippen molar-refractivity contribution in [3.63, 3.8) is 0 Å². The van der Waals surface area contributed by atoms with Crippen LogP contribution in [0.25, 0.3) is 0 Å². The highest BCUT2D eigenvalue weighted by Crippen LogP contribution is 2.30. The van der Waals surface area contributed by atoms with E-state index in [-0.39, 0.29) is 6.10 Å². The predicted molar refractivity (Wildman–Crippen MR) is 75.3 cm³/mol. The summed E-state index contributed by atoms with van der Waals surface area (Å²) in [5, 5.41) is 2.59. The van der Waals surface area contributed by atoms with E-state index in [0.29, 0.717) is 17.0 Å². The van der Waals surface area contributed by atoms with Gasteiger partial charge in [0.2, 0.25) is 0 Å². The highest BCUT2D eigenvalue weighted by molar-refractivity contribution is 5.88. The second-order valence-electron chi connectivity index (χ2n) is 5.81. The maximum Gasteiger partial charge on any atom is 0.412 e. The lowest BCUT2D eigenvalue weighted by atomic mass is 10.2. The molecule has 0 unspecified atom stereocenters. The number of amides is 1. The summed E-state index contributed by atoms with van der Waals surface area (Å²) in [6, 6.07) is 4.96. The maximum atomic E-state index is 11.6. The van der Waals surface area contributed by atoms with Crippen LogP contribution in [0.1, 0.15) is 44.0 Å². The molecule has 108 valence electrons. The summed E-state index contributed by atoms with van der Waals surface area (Å²) in [5.74, 6) is 0.553. The van der Waals surface area contributed by atoms with Gasteiger partial charge >= 0.3 is 6.09 Å². The third kappa shape index (κ3) is 4.26. The molecule has 1 aliphatic carbocycles. The fourth-order valence-electron chi connectivity index (χ4n) is 1.61. The van der Waals surface area contributed by atoms with E-state index in [0.717, 1.165) is 19.1 Å². The quantitative estimate of drug-likeness (QED) is 0.857. The van der Waals surface area contributed by atoms with E-state index in [1.54, 1.807) is 39.0 Å². The van der Waals surface area contributed by atoms with E-state index in [4.69, 9.17) is 9.47 Å². The molecule has 0 spiro atoms. The molecule has 20 heavy (non-hydrogen) atoms. The Hall–Kier alpha value is -2.04. The van der Waals surface area contributed by atoms with Gasteiger partial charge < -0.3 is 9.47 Å². The van der Waals surface area contributed by atoms with Crippen LogP contribution in [0.15, 0.2) is 18.2 Å². The van der Waals surface area contributed by atoms with E-state index in [9.17, 15) is 9.59 Å². The number of nitrogens with one attached hydrogen (secondary N) is 1. The molecule has 0 aromatic heterocycles. The van der Waals surface area contributed by atoms with Crippen molar-refractivity contribution in [2.24, 2.45) is 0 Å². The summed E-state index contributed by atoms with van der Waals surface area (Å²) in [7, 11) is 0. The first-order valence-electron chi connectivity index (χ1n) is 6.63. The Labute approximate surface area is 118 Å². The van der Waals surface area contributed by atoms with Gasteiger partial charge in [0.05, 0.1) is 11.7 Å². The molecule has 0 bridgehead atoms. The van der Waals surface area contributed by atoms with Crippen LogP contribution in [0.3, 0.4) is 0 Å². The van der Waals surface area contributed by atoms with Crippen LogP contribution in [0.4, 0.5) is 10.5 Å². The van der Waals surface area contributed by atoms with Gasteiger partial charge in [-0.15, -0.1) is 0 Å². The molecule has 0 heterocycles. The zero-order chi connectivity index (χ0) is 14.8. The first kappa shape index (κ1) is 14.4. The Balaban J connectivity index is 2.05. The minimum atomic E-state index is -0.563. The van der Waals surface area contributed by atoms with Gasteiger partial charge in [-0.25, -0.2) is 4.79 Å². The summed E-state index contributed by atoms with van der Waals surface area (Å²) in [5.41, 5.74) is 0.363. The maximum absolute atomic E-state index is 11.6. The van der Waals surface area contributed by atoms with Crippen molar-refractivity contribution in [2.45, 2.75) is 45.3 Å². The molecule has 5 nitrogen and oxygen atoms in total. The summed E-state index contributed by atoms with van der Waals surface area (Å²) in [4.78, 5) is 22.7. The molecule has 0 radical (unpaired) electrons. The fourth-order valence-corrected chi connectivity index (χ4v) is 1.61. The lowest BCUT2D eigenvalue weighted by molar-refractivity contribution is 0.0635. The second kappa shape index (κ2) is 5.53. The normalized spacial score (nSPS) is 14.6. The number of ether oxygens (including phenoxy) is 2. The van der Waals surface area contributed by atoms with Gasteiger partial charge in [0.15, 0.2) is 6.29 Å². The lowest BCUT2D eigenvalue weighted by Crippen LogP contribution is -2.27. The van der Waals surface area contributed by atoms with Crippen LogP contribution in [-0.2, 0) is 4.74 Å². The fraction of sp³-hybridized carbons (Fsp3) is 0.467. The first-order valence-corrected chi connectivity index (χ1v) is 6.63. The Morgan fingerprint density at radius 3 is 2.60 bits per heavy atom. The molecule has 5 heteroatoms. The SMILES string of the molecule is CC(C)(C)OC(=O)Nc1ccc(OC2CC2)c(C=O)c1. The van der Waals surface area contributed by atoms with Gasteiger partial charge in [0.25, 0.3) is 0 Å². The minimum absolute atomic E-state index is 0.221. The van der Waals surface area contributed by atoms with E-state index in [2.05, 4.69) is 5.32 Å². The monoisotopic (exact) mass is 277 g/mol. The zero-order valence-electron chi connectivity index (χ0n) is 11.9. The number of hydrogen-bond acceptors (Lipinski definition) is 4. The molecule has 1 aliphatic rings. The van der Waals surface area contributed by atoms with Gasteiger partial charge in [-0.3, -0.25) is 10.1 Å². The number of carbonyl (C=O) groups excluding carboxylic acids is 2. The number of hydrogen-bond donors (Lipinski definition) is 1. The number of benzene rings is 1. The van der Waals surface area contributed by atoms with Crippen molar-refractivity contribution in [1.82, 2.24) is 0 Å². The molecular weight excluding hydrogens is 258 g/mol. The molecule has 1 saturated carbocycles. The van der Waals surface area contributed by atoms with Crippen molar-refractivity contribution < 1.29 is 19.1 Å². The molecule has 2 rings (SSSR count). The highest BCUT2D eigenvalue weighted by Gasteiger charge is 2.24. The number of aldehydes is 1. The second-order valence-corrected chi connectivity index (χ2v) is 5.81. The number of carbonyl (C=O) groups is 2. The lowest BCUT2D eigenvalue weighted by Gasteiger charge is -2.19. The molecule has 1 fully saturated rings. The van der Waals surface area contributed by atoms with Crippen LogP contribution in [-0.4, -0.2) is 24.1 Å². The van der Waals surface area contributed by atoms with E-state index in [1.807, 2.05) is 0 Å². The summed E-state index contributed by atoms with van der Waals surface area (Å²) < 4.78 is 10.8. The van der Waals surface area contributed by atoms with Crippen LogP contribution in [0.5, 0.6) is 5.75 Å². The number of anilines is 1. The average molecular weight is 277 g/mol. The first-order chi connectivity index (χ1) is 9.37. The molecule has 1 N–H and O–H groups in total. The smallest absolute Gasteiger partial charge is 0.412 e. The molecule has 1 amide bonds. The summed E-state index contributed by atoms with van der Waals surface area (Å²) in [6.07, 6.45) is 2.44. The largest absolute Gasteiger partial charge is 0.490 e. The summed E-state index contributed by atoms with van der Waals surface area (Å²) in [6.45, 7) is 5.36. The van der Waals surface area contributed by atoms with Crippen molar-refractivity contribution >= 4 is 18.1 Å². The molecule has 0 atom stereocenters. The van der Waals surface area contributed by atoms with Crippen LogP contribution in [0, 0.1) is 0 Å². The Bertz CT molecular complexity index is 515. The Morgan fingerprint density at radius 1 is 1.35 bits per heavy atom. The van der Waals surface area contributed by atoms with Gasteiger partial charge in [0, 0.05) is 5.69 Å². The molecular formula is C15H19NO4. The third-order valence-electron chi connectivity index (χ3n) is 2.60. The topological polar surface area (TPSA) is 64.6 Å². The van der Waals surface area contributed by atoms with E-state index < -0.39 is 11.7 Å². The molecule has 1 aromatic carbocycles. The standard InChI is InChI=1S/C15H19NO4/c1-15(2,3)20-14(18)16-11-4-7-13(10(8-11)9-17)19-12-5-6-12/h4,7-9,12H,5-6H2,1-3H3,(H,16,18). The zero-order valence-corrected chi connectivity index (χ0v) is 11.9. The van der Waals surface area contributed by atoms with Crippen molar-refractivity contribution in [1.29, 1.82) is 0 Å². The van der Waals surface area contributed by atoms with Gasteiger partial charge in [0.1, 0.15) is 11.4 Å². The van der Waals surface area contributed by atoms with Gasteiger partial charge in [-0.1, -0.05) is 0 Å². The molecule has 0 aliphatic heterocycles. The highest BCUT2D eigenvalue weighted by atomic mass is 16.6. The average Bonchev–Trinajstić information content (AvgIpc) is 3.12. The van der Waals surface area contributed by atoms with Crippen molar-refractivity contribution in [2.75, 3.05) is 5.32 Å². The van der Waals surface area contributed by atoms with Crippen LogP contribution in [0.2, 0.25) is 0 Å². The van der Waals surface area contributed by atoms with Crippen molar-refractivity contribution in [3.05, 3.63) is 23.8 Å². The van der Waals surface area contributed by atoms with E-state index >= 15 is 0 Å². The Kier molecular flexibility index (Phi) is 3.97. The predicted octanol–water partition coefficient (Wildman–Crippen LogP) is 3.39. The van der Waals surface area contributed by atoms with Gasteiger partial charge in [-0.05, 0) is 51.8 Å². The van der Waals surface area contributed by atoms with Gasteiger partial charge in [-0.2, -0.15) is 0 Å². The molecule has 0 saturated heterocycles. The Morgan fingerprint density at radius 2 is 2.05 bits per heavy atom. The third-order valence-corrected chi connectivity index (χ3v) is 2.60. The molecule has 1 aromatic rings. The van der Waals surface area contributed by atoms with Crippen LogP contribution < -0.4 is 10.1 Å². The van der Waals surface area contributed by atoms with Crippen molar-refractivity contribution in [3.8, 4) is 5.75 Å². The van der Waals surface area contributed by atoms with Crippen LogP contribution >= 0.6 is 0 Å². The van der Waals surface area contributed by atoms with E-state index in [1.165, 1.54) is 0 Å². The minimum Gasteiger partial charge on any atom is -0.490 e.